The van der Waals surface area contributed by atoms with Crippen LogP contribution in [0.3, 0.4) is 0 Å². The smallest absolute Gasteiger partial charge is 0.169 e. The topological polar surface area (TPSA) is 60.7 Å². The van der Waals surface area contributed by atoms with E-state index in [0.29, 0.717) is 0 Å². The van der Waals surface area contributed by atoms with Crippen molar-refractivity contribution in [2.75, 3.05) is 0 Å². The molecule has 5 heteroatoms. The molecular weight excluding hydrogens is 184 g/mol. The van der Waals surface area contributed by atoms with Crippen LogP contribution in [0.2, 0.25) is 0 Å². The molecule has 3 N–H and O–H groups in total. The van der Waals surface area contributed by atoms with Gasteiger partial charge in [-0.05, 0) is 6.08 Å². The number of hydrogen-bond donors (Lipinski definition) is 3. The molecule has 0 aromatic rings. The molecule has 11 heavy (non-hydrogen) atoms. The first-order chi connectivity index (χ1) is 5.10. The Bertz CT molecular complexity index is 216. The van der Waals surface area contributed by atoms with Gasteiger partial charge in [0.05, 0.1) is 0 Å². The number of hydrogen-bond acceptors (Lipinski definition) is 3. The summed E-state index contributed by atoms with van der Waals surface area (Å²) in [6.07, 6.45) is 2.98. The molecule has 0 spiro atoms. The first kappa shape index (κ1) is 8.80. The molecule has 3 nitrogen and oxygen atoms in total. The van der Waals surface area contributed by atoms with Gasteiger partial charge in [-0.1, -0.05) is 12.2 Å². The summed E-state index contributed by atoms with van der Waals surface area (Å²) < 4.78 is 0. The standard InChI is InChI=1S/C6H9ClO3Si/c7-11-6(10)3-1-2-4(8)5(6)9/h1-3,5,8-10H,11H2. The average Bonchev–Trinajstić information content (AvgIpc) is 2.00. The molecule has 0 bridgehead atoms. The zero-order valence-electron chi connectivity index (χ0n) is 5.74. The van der Waals surface area contributed by atoms with Gasteiger partial charge in [-0.15, -0.1) is 0 Å². The molecule has 2 atom stereocenters. The normalized spacial score (nSPS) is 38.1. The zero-order valence-corrected chi connectivity index (χ0v) is 7.91. The lowest BCUT2D eigenvalue weighted by atomic mass is 10.1. The summed E-state index contributed by atoms with van der Waals surface area (Å²) in [6.45, 7) is 0. The third kappa shape index (κ3) is 1.48. The zero-order chi connectivity index (χ0) is 8.48. The van der Waals surface area contributed by atoms with Crippen molar-refractivity contribution >= 4 is 19.9 Å². The number of allylic oxidation sites excluding steroid dienone is 2. The molecule has 62 valence electrons. The van der Waals surface area contributed by atoms with Crippen LogP contribution < -0.4 is 0 Å². The molecule has 0 saturated carbocycles. The Morgan fingerprint density at radius 1 is 1.64 bits per heavy atom. The van der Waals surface area contributed by atoms with Gasteiger partial charge in [0.2, 0.25) is 0 Å². The molecule has 0 fully saturated rings. The maximum absolute atomic E-state index is 9.51. The van der Waals surface area contributed by atoms with Gasteiger partial charge in [-0.3, -0.25) is 0 Å². The number of rotatable bonds is 1. The van der Waals surface area contributed by atoms with Gasteiger partial charge in [0.1, 0.15) is 17.1 Å². The molecule has 0 amide bonds. The molecule has 2 unspecified atom stereocenters. The van der Waals surface area contributed by atoms with Crippen molar-refractivity contribution < 1.29 is 15.3 Å². The lowest BCUT2D eigenvalue weighted by Gasteiger charge is -2.29. The van der Waals surface area contributed by atoms with Crippen molar-refractivity contribution in [1.82, 2.24) is 0 Å². The van der Waals surface area contributed by atoms with Crippen LogP contribution in [0.4, 0.5) is 0 Å². The highest BCUT2D eigenvalue weighted by Crippen LogP contribution is 2.21. The van der Waals surface area contributed by atoms with Crippen LogP contribution >= 0.6 is 11.1 Å². The average molecular weight is 193 g/mol. The van der Waals surface area contributed by atoms with Crippen molar-refractivity contribution in [2.45, 2.75) is 11.3 Å². The van der Waals surface area contributed by atoms with E-state index < -0.39 is 20.2 Å². The Morgan fingerprint density at radius 2 is 2.27 bits per heavy atom. The van der Waals surface area contributed by atoms with Crippen molar-refractivity contribution in [3.63, 3.8) is 0 Å². The molecule has 1 aliphatic carbocycles. The monoisotopic (exact) mass is 192 g/mol. The molecule has 0 aromatic carbocycles. The maximum Gasteiger partial charge on any atom is 0.169 e. The second-order valence-corrected chi connectivity index (χ2v) is 4.68. The van der Waals surface area contributed by atoms with Gasteiger partial charge >= 0.3 is 0 Å². The van der Waals surface area contributed by atoms with E-state index in [1.54, 1.807) is 0 Å². The number of halogens is 1. The minimum absolute atomic E-state index is 0.233. The van der Waals surface area contributed by atoms with E-state index in [1.165, 1.54) is 18.2 Å². The lowest BCUT2D eigenvalue weighted by Crippen LogP contribution is -2.46. The number of aliphatic hydroxyl groups excluding tert-OH is 2. The van der Waals surface area contributed by atoms with Gasteiger partial charge in [0.15, 0.2) is 8.83 Å². The minimum atomic E-state index is -1.39. The summed E-state index contributed by atoms with van der Waals surface area (Å²) in [5.41, 5.74) is 0. The highest BCUT2D eigenvalue weighted by Gasteiger charge is 2.36. The fourth-order valence-corrected chi connectivity index (χ4v) is 2.16. The maximum atomic E-state index is 9.51. The van der Waals surface area contributed by atoms with E-state index in [1.807, 2.05) is 0 Å². The fourth-order valence-electron chi connectivity index (χ4n) is 0.869. The second-order valence-electron chi connectivity index (χ2n) is 2.48. The summed E-state index contributed by atoms with van der Waals surface area (Å²) in [7, 11) is -1.32. The summed E-state index contributed by atoms with van der Waals surface area (Å²) in [4.78, 5) is 0. The SMILES string of the molecule is OC1=CC=CC(O)([SiH2]Cl)C1O. The van der Waals surface area contributed by atoms with Crippen molar-refractivity contribution in [2.24, 2.45) is 0 Å². The van der Waals surface area contributed by atoms with Crippen molar-refractivity contribution in [3.8, 4) is 0 Å². The summed E-state index contributed by atoms with van der Waals surface area (Å²) >= 11 is 5.52. The third-order valence-corrected chi connectivity index (χ3v) is 3.95. The van der Waals surface area contributed by atoms with Crippen LogP contribution in [0.5, 0.6) is 0 Å². The van der Waals surface area contributed by atoms with Crippen LogP contribution in [0.1, 0.15) is 0 Å². The summed E-state index contributed by atoms with van der Waals surface area (Å²) in [5, 5.41) is 26.4. The van der Waals surface area contributed by atoms with Crippen molar-refractivity contribution in [1.29, 1.82) is 0 Å². The Balaban J connectivity index is 2.88. The molecular formula is C6H9ClO3Si. The largest absolute Gasteiger partial charge is 0.509 e. The van der Waals surface area contributed by atoms with Gasteiger partial charge < -0.3 is 15.3 Å². The predicted octanol–water partition coefficient (Wildman–Crippen LogP) is -0.630. The van der Waals surface area contributed by atoms with Gasteiger partial charge in [0, 0.05) is 0 Å². The fraction of sp³-hybridized carbons (Fsp3) is 0.333. The molecule has 0 saturated heterocycles. The van der Waals surface area contributed by atoms with E-state index in [0.717, 1.165) is 0 Å². The highest BCUT2D eigenvalue weighted by atomic mass is 35.6. The van der Waals surface area contributed by atoms with Crippen LogP contribution in [-0.2, 0) is 0 Å². The molecule has 1 aliphatic rings. The first-order valence-corrected chi connectivity index (χ1v) is 5.99. The van der Waals surface area contributed by atoms with Crippen LogP contribution in [-0.4, -0.2) is 35.5 Å². The van der Waals surface area contributed by atoms with E-state index >= 15 is 0 Å². The van der Waals surface area contributed by atoms with Crippen molar-refractivity contribution in [3.05, 3.63) is 24.0 Å². The van der Waals surface area contributed by atoms with Gasteiger partial charge in [0.25, 0.3) is 0 Å². The Kier molecular flexibility index (Phi) is 2.39. The van der Waals surface area contributed by atoms with E-state index in [4.69, 9.17) is 16.2 Å². The predicted molar refractivity (Wildman–Crippen MR) is 45.2 cm³/mol. The third-order valence-electron chi connectivity index (χ3n) is 1.62. The molecule has 0 aromatic heterocycles. The molecule has 1 rings (SSSR count). The second kappa shape index (κ2) is 2.98. The lowest BCUT2D eigenvalue weighted by molar-refractivity contribution is 0.0145. The molecule has 0 heterocycles. The summed E-state index contributed by atoms with van der Waals surface area (Å²) in [6, 6.07) is 0. The highest BCUT2D eigenvalue weighted by molar-refractivity contribution is 6.95. The molecule has 0 radical (unpaired) electrons. The Morgan fingerprint density at radius 3 is 2.73 bits per heavy atom. The minimum Gasteiger partial charge on any atom is -0.509 e. The van der Waals surface area contributed by atoms with E-state index in [-0.39, 0.29) is 5.76 Å². The van der Waals surface area contributed by atoms with E-state index in [2.05, 4.69) is 0 Å². The molecule has 0 aliphatic heterocycles. The first-order valence-electron chi connectivity index (χ1n) is 3.15. The van der Waals surface area contributed by atoms with Crippen LogP contribution in [0, 0.1) is 0 Å². The van der Waals surface area contributed by atoms with Gasteiger partial charge in [-0.2, -0.15) is 11.1 Å². The van der Waals surface area contributed by atoms with Crippen LogP contribution in [0.15, 0.2) is 24.0 Å². The Labute approximate surface area is 71.1 Å². The van der Waals surface area contributed by atoms with Gasteiger partial charge in [-0.25, -0.2) is 0 Å². The quantitative estimate of drug-likeness (QED) is 0.383. The Hall–Kier alpha value is -0.293. The number of aliphatic hydroxyl groups is 3. The van der Waals surface area contributed by atoms with E-state index in [9.17, 15) is 10.2 Å². The van der Waals surface area contributed by atoms with Crippen LogP contribution in [0.25, 0.3) is 0 Å². The summed E-state index contributed by atoms with van der Waals surface area (Å²) in [5.74, 6) is -0.233.